The first kappa shape index (κ1) is 35.5. The number of alkyl halides is 3. The maximum Gasteiger partial charge on any atom is 0.416 e. The van der Waals surface area contributed by atoms with Crippen LogP contribution >= 0.6 is 11.6 Å². The Hall–Kier alpha value is -4.35. The van der Waals surface area contributed by atoms with Crippen LogP contribution in [0.5, 0.6) is 0 Å². The summed E-state index contributed by atoms with van der Waals surface area (Å²) < 4.78 is 69.9. The lowest BCUT2D eigenvalue weighted by Crippen LogP contribution is -2.53. The van der Waals surface area contributed by atoms with Crippen molar-refractivity contribution in [3.63, 3.8) is 0 Å². The van der Waals surface area contributed by atoms with Gasteiger partial charge in [0.05, 0.1) is 16.1 Å². The Morgan fingerprint density at radius 3 is 2.11 bits per heavy atom. The van der Waals surface area contributed by atoms with Gasteiger partial charge in [0.2, 0.25) is 11.8 Å². The number of hydrogen-bond acceptors (Lipinski definition) is 4. The van der Waals surface area contributed by atoms with E-state index in [1.165, 1.54) is 35.2 Å². The average Bonchev–Trinajstić information content (AvgIpc) is 3.06. The molecule has 248 valence electrons. The number of amides is 2. The number of anilines is 1. The fourth-order valence-electron chi connectivity index (χ4n) is 4.93. The number of carbonyl (C=O) groups excluding carboxylic acids is 2. The Bertz CT molecular complexity index is 1740. The Labute approximate surface area is 278 Å². The topological polar surface area (TPSA) is 86.8 Å². The maximum atomic E-state index is 14.4. The molecule has 0 heterocycles. The van der Waals surface area contributed by atoms with Gasteiger partial charge in [-0.2, -0.15) is 13.2 Å². The minimum absolute atomic E-state index is 0.101. The van der Waals surface area contributed by atoms with Crippen LogP contribution < -0.4 is 9.62 Å². The Kier molecular flexibility index (Phi) is 12.1. The standard InChI is InChI=1S/C35H35ClF3N3O4S/c1-2-3-21-40-34(44)32(22-26-11-6-4-7-12-26)41(24-27-17-19-29(36)20-18-27)33(43)25-42(47(45,46)31-15-8-5-9-16-31)30-14-10-13-28(23-30)35(37,38)39/h4-20,23,32H,2-3,21-22,24-25H2,1H3,(H,40,44)/t32-/m1/s1. The van der Waals surface area contributed by atoms with E-state index in [0.29, 0.717) is 33.9 Å². The molecule has 0 unspecified atom stereocenters. The molecule has 4 aromatic carbocycles. The largest absolute Gasteiger partial charge is 0.416 e. The summed E-state index contributed by atoms with van der Waals surface area (Å²) in [4.78, 5) is 29.2. The quantitative estimate of drug-likeness (QED) is 0.143. The summed E-state index contributed by atoms with van der Waals surface area (Å²) >= 11 is 6.09. The normalized spacial score (nSPS) is 12.3. The molecule has 4 aromatic rings. The number of rotatable bonds is 14. The van der Waals surface area contributed by atoms with Gasteiger partial charge in [-0.3, -0.25) is 13.9 Å². The molecule has 0 aliphatic heterocycles. The number of benzene rings is 4. The highest BCUT2D eigenvalue weighted by atomic mass is 35.5. The molecule has 4 rings (SSSR count). The van der Waals surface area contributed by atoms with Crippen LogP contribution in [0.1, 0.15) is 36.5 Å². The SMILES string of the molecule is CCCCNC(=O)[C@@H](Cc1ccccc1)N(Cc1ccc(Cl)cc1)C(=O)CN(c1cccc(C(F)(F)F)c1)S(=O)(=O)c1ccccc1. The highest BCUT2D eigenvalue weighted by molar-refractivity contribution is 7.92. The fraction of sp³-hybridized carbons (Fsp3) is 0.257. The summed E-state index contributed by atoms with van der Waals surface area (Å²) in [6, 6.07) is 25.5. The summed E-state index contributed by atoms with van der Waals surface area (Å²) in [5.41, 5.74) is -0.0659. The minimum atomic E-state index is -4.76. The summed E-state index contributed by atoms with van der Waals surface area (Å²) in [5, 5.41) is 3.34. The van der Waals surface area contributed by atoms with E-state index in [0.717, 1.165) is 24.1 Å². The highest BCUT2D eigenvalue weighted by Gasteiger charge is 2.36. The van der Waals surface area contributed by atoms with E-state index in [1.807, 2.05) is 25.1 Å². The van der Waals surface area contributed by atoms with Crippen LogP contribution in [0.25, 0.3) is 0 Å². The van der Waals surface area contributed by atoms with Crippen molar-refractivity contribution in [2.45, 2.75) is 49.8 Å². The average molecular weight is 686 g/mol. The molecule has 2 amide bonds. The van der Waals surface area contributed by atoms with Crippen LogP contribution in [0, 0.1) is 0 Å². The number of unbranched alkanes of at least 4 members (excludes halogenated alkanes) is 1. The van der Waals surface area contributed by atoms with E-state index in [4.69, 9.17) is 11.6 Å². The van der Waals surface area contributed by atoms with Gasteiger partial charge in [-0.15, -0.1) is 0 Å². The van der Waals surface area contributed by atoms with Crippen LogP contribution in [0.3, 0.4) is 0 Å². The number of halogens is 4. The molecule has 1 N–H and O–H groups in total. The molecule has 47 heavy (non-hydrogen) atoms. The molecule has 7 nitrogen and oxygen atoms in total. The van der Waals surface area contributed by atoms with E-state index in [2.05, 4.69) is 5.32 Å². The first-order valence-electron chi connectivity index (χ1n) is 15.0. The van der Waals surface area contributed by atoms with E-state index in [-0.39, 0.29) is 23.5 Å². The van der Waals surface area contributed by atoms with E-state index in [1.54, 1.807) is 42.5 Å². The summed E-state index contributed by atoms with van der Waals surface area (Å²) in [5.74, 6) is -1.23. The predicted octanol–water partition coefficient (Wildman–Crippen LogP) is 7.11. The van der Waals surface area contributed by atoms with E-state index >= 15 is 0 Å². The predicted molar refractivity (Wildman–Crippen MR) is 176 cm³/mol. The summed E-state index contributed by atoms with van der Waals surface area (Å²) in [6.45, 7) is 1.36. The lowest BCUT2D eigenvalue weighted by atomic mass is 10.0. The zero-order valence-corrected chi connectivity index (χ0v) is 27.2. The number of nitrogens with zero attached hydrogens (tertiary/aromatic N) is 2. The van der Waals surface area contributed by atoms with Gasteiger partial charge in [-0.05, 0) is 60.0 Å². The van der Waals surface area contributed by atoms with E-state index in [9.17, 15) is 31.2 Å². The van der Waals surface area contributed by atoms with Crippen LogP contribution in [-0.2, 0) is 38.8 Å². The van der Waals surface area contributed by atoms with Crippen LogP contribution in [-0.4, -0.2) is 44.3 Å². The number of nitrogens with one attached hydrogen (secondary N) is 1. The second-order valence-electron chi connectivity index (χ2n) is 10.9. The summed E-state index contributed by atoms with van der Waals surface area (Å²) in [6.07, 6.45) is -3.14. The number of hydrogen-bond donors (Lipinski definition) is 1. The second kappa shape index (κ2) is 16.0. The van der Waals surface area contributed by atoms with Gasteiger partial charge in [0.25, 0.3) is 10.0 Å². The molecule has 0 fully saturated rings. The van der Waals surface area contributed by atoms with Crippen LogP contribution in [0.15, 0.2) is 114 Å². The third-order valence-electron chi connectivity index (χ3n) is 7.44. The molecule has 0 bridgehead atoms. The molecular formula is C35H35ClF3N3O4S. The molecule has 0 aliphatic rings. The van der Waals surface area contributed by atoms with Crippen molar-refractivity contribution in [3.8, 4) is 0 Å². The van der Waals surface area contributed by atoms with Crippen molar-refractivity contribution >= 4 is 39.1 Å². The molecule has 12 heteroatoms. The van der Waals surface area contributed by atoms with Crippen molar-refractivity contribution in [3.05, 3.63) is 131 Å². The molecule has 0 saturated heterocycles. The molecule has 0 spiro atoms. The Balaban J connectivity index is 1.82. The first-order valence-corrected chi connectivity index (χ1v) is 16.8. The van der Waals surface area contributed by atoms with Gasteiger partial charge in [0.1, 0.15) is 12.6 Å². The maximum absolute atomic E-state index is 14.4. The van der Waals surface area contributed by atoms with Crippen LogP contribution in [0.2, 0.25) is 5.02 Å². The number of carbonyl (C=O) groups is 2. The van der Waals surface area contributed by atoms with Crippen molar-refractivity contribution in [1.82, 2.24) is 10.2 Å². The molecule has 0 aliphatic carbocycles. The zero-order chi connectivity index (χ0) is 34.0. The Morgan fingerprint density at radius 1 is 0.851 bits per heavy atom. The third kappa shape index (κ3) is 9.59. The lowest BCUT2D eigenvalue weighted by molar-refractivity contribution is -0.140. The molecule has 0 radical (unpaired) electrons. The first-order chi connectivity index (χ1) is 22.4. The molecular weight excluding hydrogens is 651 g/mol. The monoisotopic (exact) mass is 685 g/mol. The van der Waals surface area contributed by atoms with Gasteiger partial charge < -0.3 is 10.2 Å². The van der Waals surface area contributed by atoms with Crippen molar-refractivity contribution in [2.75, 3.05) is 17.4 Å². The Morgan fingerprint density at radius 2 is 1.49 bits per heavy atom. The highest BCUT2D eigenvalue weighted by Crippen LogP contribution is 2.33. The van der Waals surface area contributed by atoms with Gasteiger partial charge in [-0.1, -0.05) is 91.7 Å². The van der Waals surface area contributed by atoms with Gasteiger partial charge in [-0.25, -0.2) is 8.42 Å². The second-order valence-corrected chi connectivity index (χ2v) is 13.2. The molecule has 1 atom stereocenters. The molecule has 0 aromatic heterocycles. The third-order valence-corrected chi connectivity index (χ3v) is 9.48. The van der Waals surface area contributed by atoms with Crippen molar-refractivity contribution < 1.29 is 31.2 Å². The van der Waals surface area contributed by atoms with Crippen molar-refractivity contribution in [2.24, 2.45) is 0 Å². The van der Waals surface area contributed by atoms with Gasteiger partial charge >= 0.3 is 6.18 Å². The smallest absolute Gasteiger partial charge is 0.354 e. The van der Waals surface area contributed by atoms with Gasteiger partial charge in [0.15, 0.2) is 0 Å². The fourth-order valence-corrected chi connectivity index (χ4v) is 6.49. The molecule has 0 saturated carbocycles. The minimum Gasteiger partial charge on any atom is -0.354 e. The van der Waals surface area contributed by atoms with Crippen molar-refractivity contribution in [1.29, 1.82) is 0 Å². The van der Waals surface area contributed by atoms with Crippen LogP contribution in [0.4, 0.5) is 18.9 Å². The lowest BCUT2D eigenvalue weighted by Gasteiger charge is -2.34. The number of sulfonamides is 1. The zero-order valence-electron chi connectivity index (χ0n) is 25.7. The van der Waals surface area contributed by atoms with Gasteiger partial charge in [0, 0.05) is 24.5 Å². The summed E-state index contributed by atoms with van der Waals surface area (Å²) in [7, 11) is -4.55. The van der Waals surface area contributed by atoms with E-state index < -0.39 is 46.2 Å².